The van der Waals surface area contributed by atoms with E-state index < -0.39 is 9.84 Å². The Morgan fingerprint density at radius 3 is 2.65 bits per heavy atom. The predicted octanol–water partition coefficient (Wildman–Crippen LogP) is 4.01. The first-order valence-corrected chi connectivity index (χ1v) is 9.44. The van der Waals surface area contributed by atoms with E-state index in [-0.39, 0.29) is 16.4 Å². The quantitative estimate of drug-likeness (QED) is 0.741. The molecule has 3 rings (SSSR count). The SMILES string of the molecule is COc1cccc2c1OCC(/C=C(/C#N)S(=O)(=O)c1ccc(Cl)cc1)=C2. The lowest BCUT2D eigenvalue weighted by Gasteiger charge is -2.18. The minimum atomic E-state index is -3.94. The number of halogens is 1. The molecule has 132 valence electrons. The molecule has 1 aliphatic rings. The Labute approximate surface area is 156 Å². The molecule has 0 fully saturated rings. The first-order chi connectivity index (χ1) is 12.5. The molecule has 0 radical (unpaired) electrons. The van der Waals surface area contributed by atoms with Crippen molar-refractivity contribution in [3.8, 4) is 17.6 Å². The smallest absolute Gasteiger partial charge is 0.216 e. The van der Waals surface area contributed by atoms with Crippen LogP contribution in [0.5, 0.6) is 11.5 Å². The predicted molar refractivity (Wildman–Crippen MR) is 98.8 cm³/mol. The molecule has 26 heavy (non-hydrogen) atoms. The fourth-order valence-electron chi connectivity index (χ4n) is 2.52. The van der Waals surface area contributed by atoms with E-state index in [1.54, 1.807) is 31.4 Å². The summed E-state index contributed by atoms with van der Waals surface area (Å²) in [7, 11) is -2.39. The molecule has 0 spiro atoms. The lowest BCUT2D eigenvalue weighted by molar-refractivity contribution is 0.318. The normalized spacial score (nSPS) is 13.9. The second kappa shape index (κ2) is 7.24. The molecule has 0 N–H and O–H groups in total. The van der Waals surface area contributed by atoms with Gasteiger partial charge in [0.25, 0.3) is 0 Å². The summed E-state index contributed by atoms with van der Waals surface area (Å²) in [5.41, 5.74) is 1.32. The standard InChI is InChI=1S/C19H14ClNO4S/c1-24-18-4-2-3-14-9-13(12-25-19(14)18)10-17(11-21)26(22,23)16-7-5-15(20)6-8-16/h2-10H,12H2,1H3/b17-10-. The topological polar surface area (TPSA) is 76.4 Å². The van der Waals surface area contributed by atoms with Crippen LogP contribution >= 0.6 is 11.6 Å². The number of ether oxygens (including phenoxy) is 2. The third-order valence-corrected chi connectivity index (χ3v) is 5.73. The Morgan fingerprint density at radius 2 is 2.00 bits per heavy atom. The van der Waals surface area contributed by atoms with Gasteiger partial charge in [0, 0.05) is 10.6 Å². The van der Waals surface area contributed by atoms with Gasteiger partial charge in [-0.1, -0.05) is 23.7 Å². The van der Waals surface area contributed by atoms with Gasteiger partial charge in [-0.25, -0.2) is 8.42 Å². The second-order valence-corrected chi connectivity index (χ2v) is 7.82. The number of nitrogens with zero attached hydrogens (tertiary/aromatic N) is 1. The van der Waals surface area contributed by atoms with Crippen LogP contribution in [0.15, 0.2) is 63.9 Å². The number of para-hydroxylation sites is 1. The number of nitriles is 1. The van der Waals surface area contributed by atoms with Crippen LogP contribution in [0.1, 0.15) is 5.56 Å². The van der Waals surface area contributed by atoms with Crippen molar-refractivity contribution in [2.75, 3.05) is 13.7 Å². The number of rotatable bonds is 4. The van der Waals surface area contributed by atoms with Crippen molar-refractivity contribution < 1.29 is 17.9 Å². The van der Waals surface area contributed by atoms with Crippen LogP contribution in [-0.2, 0) is 9.84 Å². The Balaban J connectivity index is 2.01. The molecule has 0 saturated heterocycles. The first-order valence-electron chi connectivity index (χ1n) is 7.58. The Morgan fingerprint density at radius 1 is 1.27 bits per heavy atom. The fourth-order valence-corrected chi connectivity index (χ4v) is 3.82. The number of benzene rings is 2. The largest absolute Gasteiger partial charge is 0.493 e. The van der Waals surface area contributed by atoms with Gasteiger partial charge in [-0.15, -0.1) is 0 Å². The third-order valence-electron chi connectivity index (χ3n) is 3.79. The van der Waals surface area contributed by atoms with Crippen molar-refractivity contribution in [1.29, 1.82) is 5.26 Å². The van der Waals surface area contributed by atoms with Crippen LogP contribution in [0.2, 0.25) is 5.02 Å². The number of allylic oxidation sites excluding steroid dienone is 1. The number of hydrogen-bond acceptors (Lipinski definition) is 5. The molecule has 0 atom stereocenters. The highest BCUT2D eigenvalue weighted by molar-refractivity contribution is 7.95. The zero-order valence-electron chi connectivity index (χ0n) is 13.8. The molecule has 2 aromatic carbocycles. The minimum absolute atomic E-state index is 0.00842. The van der Waals surface area contributed by atoms with E-state index >= 15 is 0 Å². The Bertz CT molecular complexity index is 1050. The molecule has 0 aromatic heterocycles. The summed E-state index contributed by atoms with van der Waals surface area (Å²) in [4.78, 5) is -0.352. The number of sulfone groups is 1. The van der Waals surface area contributed by atoms with Crippen molar-refractivity contribution in [2.45, 2.75) is 4.90 Å². The van der Waals surface area contributed by atoms with Gasteiger partial charge in [-0.3, -0.25) is 0 Å². The van der Waals surface area contributed by atoms with E-state index in [0.29, 0.717) is 22.1 Å². The average Bonchev–Trinajstić information content (AvgIpc) is 2.65. The molecule has 0 bridgehead atoms. The van der Waals surface area contributed by atoms with Crippen LogP contribution in [0.4, 0.5) is 0 Å². The maximum Gasteiger partial charge on any atom is 0.216 e. The van der Waals surface area contributed by atoms with Crippen LogP contribution in [-0.4, -0.2) is 22.1 Å². The zero-order chi connectivity index (χ0) is 18.7. The summed E-state index contributed by atoms with van der Waals surface area (Å²) in [5.74, 6) is 1.18. The van der Waals surface area contributed by atoms with Crippen molar-refractivity contribution in [3.63, 3.8) is 0 Å². The summed E-state index contributed by atoms with van der Waals surface area (Å²) >= 11 is 5.79. The molecule has 0 saturated carbocycles. The van der Waals surface area contributed by atoms with Crippen molar-refractivity contribution in [2.24, 2.45) is 0 Å². The Hall–Kier alpha value is -2.75. The maximum atomic E-state index is 12.7. The minimum Gasteiger partial charge on any atom is -0.493 e. The molecule has 1 aliphatic heterocycles. The van der Waals surface area contributed by atoms with E-state index in [9.17, 15) is 13.7 Å². The van der Waals surface area contributed by atoms with Gasteiger partial charge in [-0.05, 0) is 48.1 Å². The van der Waals surface area contributed by atoms with Crippen LogP contribution < -0.4 is 9.47 Å². The van der Waals surface area contributed by atoms with Gasteiger partial charge < -0.3 is 9.47 Å². The summed E-state index contributed by atoms with van der Waals surface area (Å²) in [5, 5.41) is 9.79. The summed E-state index contributed by atoms with van der Waals surface area (Å²) in [6.07, 6.45) is 3.10. The molecular weight excluding hydrogens is 374 g/mol. The number of fused-ring (bicyclic) bond motifs is 1. The highest BCUT2D eigenvalue weighted by atomic mass is 35.5. The Kier molecular flexibility index (Phi) is 5.03. The van der Waals surface area contributed by atoms with Gasteiger partial charge in [-0.2, -0.15) is 5.26 Å². The van der Waals surface area contributed by atoms with E-state index in [2.05, 4.69) is 0 Å². The molecule has 0 unspecified atom stereocenters. The summed E-state index contributed by atoms with van der Waals surface area (Å²) in [6.45, 7) is 0.134. The van der Waals surface area contributed by atoms with E-state index in [0.717, 1.165) is 5.56 Å². The first kappa shape index (κ1) is 18.1. The molecule has 1 heterocycles. The highest BCUT2D eigenvalue weighted by Gasteiger charge is 2.22. The monoisotopic (exact) mass is 387 g/mol. The number of hydrogen-bond donors (Lipinski definition) is 0. The van der Waals surface area contributed by atoms with Gasteiger partial charge in [0.2, 0.25) is 9.84 Å². The van der Waals surface area contributed by atoms with E-state index in [1.807, 2.05) is 6.07 Å². The molecule has 7 heteroatoms. The molecule has 2 aromatic rings. The highest BCUT2D eigenvalue weighted by Crippen LogP contribution is 2.36. The van der Waals surface area contributed by atoms with Crippen LogP contribution in [0.3, 0.4) is 0 Å². The second-order valence-electron chi connectivity index (χ2n) is 5.46. The lowest BCUT2D eigenvalue weighted by Crippen LogP contribution is -2.09. The van der Waals surface area contributed by atoms with Gasteiger partial charge >= 0.3 is 0 Å². The number of methoxy groups -OCH3 is 1. The molecule has 0 aliphatic carbocycles. The van der Waals surface area contributed by atoms with Gasteiger partial charge in [0.1, 0.15) is 17.6 Å². The molecule has 0 amide bonds. The van der Waals surface area contributed by atoms with Crippen molar-refractivity contribution in [3.05, 3.63) is 69.6 Å². The van der Waals surface area contributed by atoms with Crippen molar-refractivity contribution in [1.82, 2.24) is 0 Å². The molecule has 5 nitrogen and oxygen atoms in total. The van der Waals surface area contributed by atoms with E-state index in [1.165, 1.54) is 30.3 Å². The van der Waals surface area contributed by atoms with Gasteiger partial charge in [0.05, 0.1) is 12.0 Å². The van der Waals surface area contributed by atoms with Crippen LogP contribution in [0, 0.1) is 11.3 Å². The van der Waals surface area contributed by atoms with Crippen LogP contribution in [0.25, 0.3) is 6.08 Å². The van der Waals surface area contributed by atoms with Crippen molar-refractivity contribution >= 4 is 27.5 Å². The zero-order valence-corrected chi connectivity index (χ0v) is 15.3. The molecular formula is C19H14ClNO4S. The third kappa shape index (κ3) is 3.45. The van der Waals surface area contributed by atoms with Gasteiger partial charge in [0.15, 0.2) is 11.5 Å². The summed E-state index contributed by atoms with van der Waals surface area (Å²) in [6, 6.07) is 12.8. The maximum absolute atomic E-state index is 12.7. The fraction of sp³-hybridized carbons (Fsp3) is 0.105. The summed E-state index contributed by atoms with van der Waals surface area (Å²) < 4.78 is 36.3. The average molecular weight is 388 g/mol. The lowest BCUT2D eigenvalue weighted by atomic mass is 10.1. The van der Waals surface area contributed by atoms with E-state index in [4.69, 9.17) is 21.1 Å².